The lowest BCUT2D eigenvalue weighted by molar-refractivity contribution is 0.108. The van der Waals surface area contributed by atoms with Crippen molar-refractivity contribution >= 4 is 19.4 Å². The van der Waals surface area contributed by atoms with E-state index in [0.717, 1.165) is 71.3 Å². The van der Waals surface area contributed by atoms with E-state index in [1.165, 1.54) is 56.1 Å². The Morgan fingerprint density at radius 1 is 0.609 bits per heavy atom. The predicted molar refractivity (Wildman–Crippen MR) is 201 cm³/mol. The Hall–Kier alpha value is -2.06. The lowest BCUT2D eigenvalue weighted by atomic mass is 9.95. The van der Waals surface area contributed by atoms with Gasteiger partial charge in [0.15, 0.2) is 5.52 Å². The largest absolute Gasteiger partial charge is 0.493 e. The predicted octanol–water partition coefficient (Wildman–Crippen LogP) is 11.9. The normalized spacial score (nSPS) is 13.6. The fourth-order valence-electron chi connectivity index (χ4n) is 6.13. The van der Waals surface area contributed by atoms with Crippen molar-refractivity contribution in [3.05, 3.63) is 46.0 Å². The van der Waals surface area contributed by atoms with Crippen LogP contribution < -0.4 is 19.5 Å². The summed E-state index contributed by atoms with van der Waals surface area (Å²) in [6.45, 7) is 23.8. The molecule has 0 aromatic heterocycles. The molecule has 5 heteroatoms. The van der Waals surface area contributed by atoms with E-state index in [9.17, 15) is 4.79 Å². The lowest BCUT2D eigenvalue weighted by Crippen LogP contribution is -2.20. The van der Waals surface area contributed by atoms with E-state index < -0.39 is 0 Å². The quantitative estimate of drug-likeness (QED) is 0.106. The lowest BCUT2D eigenvalue weighted by Gasteiger charge is -2.23. The number of ether oxygens (including phenoxy) is 3. The average Bonchev–Trinajstić information content (AvgIpc) is 3.05. The van der Waals surface area contributed by atoms with E-state index in [2.05, 4.69) is 75.3 Å². The third-order valence-electron chi connectivity index (χ3n) is 9.93. The average molecular weight is 655 g/mol. The Bertz CT molecular complexity index is 1150. The second-order valence-electron chi connectivity index (χ2n) is 13.6. The summed E-state index contributed by atoms with van der Waals surface area (Å²) in [5, 5.41) is 0.878. The Balaban J connectivity index is 2.59. The number of benzene rings is 2. The topological polar surface area (TPSA) is 44.8 Å². The monoisotopic (exact) mass is 654 g/mol. The number of hydrogen-bond acceptors (Lipinski definition) is 4. The van der Waals surface area contributed by atoms with Gasteiger partial charge in [-0.3, -0.25) is 4.79 Å². The van der Waals surface area contributed by atoms with Crippen molar-refractivity contribution in [3.63, 3.8) is 0 Å². The molecule has 0 aliphatic rings. The molecular formula is C41H67O4P. The van der Waals surface area contributed by atoms with E-state index in [-0.39, 0.29) is 14.1 Å². The van der Waals surface area contributed by atoms with Gasteiger partial charge in [-0.25, -0.2) is 0 Å². The first-order valence-electron chi connectivity index (χ1n) is 18.6. The molecule has 0 fully saturated rings. The van der Waals surface area contributed by atoms with Gasteiger partial charge in [-0.05, 0) is 95.5 Å². The first kappa shape index (κ1) is 40.1. The molecule has 0 spiro atoms. The highest BCUT2D eigenvalue weighted by atomic mass is 31.1. The highest BCUT2D eigenvalue weighted by molar-refractivity contribution is 7.66. The maximum atomic E-state index is 14.2. The summed E-state index contributed by atoms with van der Waals surface area (Å²) in [4.78, 5) is 14.2. The molecule has 4 atom stereocenters. The van der Waals surface area contributed by atoms with Crippen LogP contribution in [0.25, 0.3) is 0 Å². The number of hydrogen-bond donors (Lipinski definition) is 0. The van der Waals surface area contributed by atoms with Crippen molar-refractivity contribution < 1.29 is 19.0 Å². The summed E-state index contributed by atoms with van der Waals surface area (Å²) in [6, 6.07) is 6.22. The maximum Gasteiger partial charge on any atom is 0.186 e. The fraction of sp³-hybridized carbons (Fsp3) is 0.683. The van der Waals surface area contributed by atoms with Gasteiger partial charge in [0.25, 0.3) is 0 Å². The van der Waals surface area contributed by atoms with Crippen LogP contribution in [0.4, 0.5) is 0 Å². The molecule has 46 heavy (non-hydrogen) atoms. The van der Waals surface area contributed by atoms with Gasteiger partial charge >= 0.3 is 0 Å². The standard InChI is InChI=1S/C41H67O4P/c1-11-17-20-33(14-4)26-43-36-24-37(44-27-34(15-5)21-18-12-2)40(38(25-36)45-28-35(16-6)22-19-13-3)46-41(42)39-30(8)23-29(7)31(9)32(39)10/h23-25,33-35,46H,11-22,26-28H2,1-10H3. The van der Waals surface area contributed by atoms with Crippen molar-refractivity contribution in [3.8, 4) is 17.2 Å². The van der Waals surface area contributed by atoms with Crippen molar-refractivity contribution in [2.45, 2.75) is 146 Å². The number of carbonyl (C=O) groups excluding carboxylic acids is 1. The zero-order valence-electron chi connectivity index (χ0n) is 31.2. The summed E-state index contributed by atoms with van der Waals surface area (Å²) in [6.07, 6.45) is 13.9. The van der Waals surface area contributed by atoms with Gasteiger partial charge in [0.2, 0.25) is 0 Å². The minimum Gasteiger partial charge on any atom is -0.493 e. The minimum atomic E-state index is -0.101. The Labute approximate surface area is 284 Å². The van der Waals surface area contributed by atoms with Crippen molar-refractivity contribution in [2.24, 2.45) is 17.8 Å². The molecule has 4 nitrogen and oxygen atoms in total. The molecule has 4 unspecified atom stereocenters. The van der Waals surface area contributed by atoms with Crippen LogP contribution >= 0.6 is 8.58 Å². The third kappa shape index (κ3) is 12.5. The van der Waals surface area contributed by atoms with E-state index >= 15 is 0 Å². The molecular weight excluding hydrogens is 587 g/mol. The second-order valence-corrected chi connectivity index (χ2v) is 14.8. The highest BCUT2D eigenvalue weighted by Gasteiger charge is 2.24. The van der Waals surface area contributed by atoms with Crippen LogP contribution in [-0.2, 0) is 0 Å². The number of carbonyl (C=O) groups is 1. The van der Waals surface area contributed by atoms with E-state index in [1.807, 2.05) is 12.1 Å². The second kappa shape index (κ2) is 21.7. The van der Waals surface area contributed by atoms with Gasteiger partial charge in [-0.15, -0.1) is 0 Å². The van der Waals surface area contributed by atoms with Gasteiger partial charge in [-0.2, -0.15) is 0 Å². The van der Waals surface area contributed by atoms with Crippen LogP contribution in [0.5, 0.6) is 17.2 Å². The summed E-state index contributed by atoms with van der Waals surface area (Å²) in [7, 11) is -0.101. The van der Waals surface area contributed by atoms with Gasteiger partial charge in [0.05, 0.1) is 25.1 Å². The molecule has 0 radical (unpaired) electrons. The molecule has 0 heterocycles. The van der Waals surface area contributed by atoms with Gasteiger partial charge in [-0.1, -0.05) is 105 Å². The zero-order valence-corrected chi connectivity index (χ0v) is 32.2. The molecule has 0 N–H and O–H groups in total. The molecule has 0 amide bonds. The molecule has 0 aliphatic carbocycles. The van der Waals surface area contributed by atoms with Crippen LogP contribution in [0.15, 0.2) is 18.2 Å². The Morgan fingerprint density at radius 3 is 1.46 bits per heavy atom. The van der Waals surface area contributed by atoms with Crippen LogP contribution in [0.1, 0.15) is 151 Å². The smallest absolute Gasteiger partial charge is 0.186 e. The molecule has 2 rings (SSSR count). The van der Waals surface area contributed by atoms with Crippen LogP contribution in [0.2, 0.25) is 0 Å². The van der Waals surface area contributed by atoms with Crippen LogP contribution in [0, 0.1) is 45.4 Å². The highest BCUT2D eigenvalue weighted by Crippen LogP contribution is 2.37. The Morgan fingerprint density at radius 2 is 1.04 bits per heavy atom. The van der Waals surface area contributed by atoms with E-state index in [0.29, 0.717) is 37.6 Å². The summed E-state index contributed by atoms with van der Waals surface area (Å²) in [5.41, 5.74) is 5.51. The number of rotatable bonds is 24. The van der Waals surface area contributed by atoms with E-state index in [4.69, 9.17) is 14.2 Å². The van der Waals surface area contributed by atoms with Crippen molar-refractivity contribution in [1.82, 2.24) is 0 Å². The van der Waals surface area contributed by atoms with Gasteiger partial charge < -0.3 is 14.2 Å². The molecule has 0 bridgehead atoms. The minimum absolute atomic E-state index is 0.101. The summed E-state index contributed by atoms with van der Waals surface area (Å²) >= 11 is 0. The maximum absolute atomic E-state index is 14.2. The van der Waals surface area contributed by atoms with Gasteiger partial charge in [0.1, 0.15) is 17.2 Å². The molecule has 0 saturated carbocycles. The molecule has 2 aromatic rings. The van der Waals surface area contributed by atoms with Crippen LogP contribution in [-0.4, -0.2) is 25.3 Å². The molecule has 0 saturated heterocycles. The summed E-state index contributed by atoms with van der Waals surface area (Å²) in [5.74, 6) is 3.74. The molecule has 2 aromatic carbocycles. The van der Waals surface area contributed by atoms with Crippen LogP contribution in [0.3, 0.4) is 0 Å². The van der Waals surface area contributed by atoms with Gasteiger partial charge in [0, 0.05) is 17.7 Å². The number of unbranched alkanes of at least 4 members (excludes halogenated alkanes) is 3. The van der Waals surface area contributed by atoms with E-state index in [1.54, 1.807) is 0 Å². The molecule has 260 valence electrons. The fourth-order valence-corrected chi connectivity index (χ4v) is 7.41. The first-order chi connectivity index (χ1) is 22.1. The van der Waals surface area contributed by atoms with Crippen molar-refractivity contribution in [2.75, 3.05) is 19.8 Å². The zero-order chi connectivity index (χ0) is 34.1. The molecule has 0 aliphatic heterocycles. The Kier molecular flexibility index (Phi) is 19.0. The number of aryl methyl sites for hydroxylation is 2. The first-order valence-corrected chi connectivity index (χ1v) is 19.6. The van der Waals surface area contributed by atoms with Crippen molar-refractivity contribution in [1.29, 1.82) is 0 Å². The summed E-state index contributed by atoms with van der Waals surface area (Å²) < 4.78 is 19.9. The third-order valence-corrected chi connectivity index (χ3v) is 11.1. The SMILES string of the molecule is CCCCC(CC)COc1cc(OCC(CC)CCCC)c(PC(=O)c2c(C)cc(C)c(C)c2C)c(OCC(CC)CCCC)c1.